The molecule has 21 nitrogen and oxygen atoms in total. The highest BCUT2D eigenvalue weighted by molar-refractivity contribution is 7.66. The third-order valence-corrected chi connectivity index (χ3v) is 7.57. The summed E-state index contributed by atoms with van der Waals surface area (Å²) in [6, 6.07) is 0. The molecule has 0 bridgehead atoms. The van der Waals surface area contributed by atoms with Gasteiger partial charge in [-0.05, 0) is 0 Å². The van der Waals surface area contributed by atoms with Crippen LogP contribution in [0, 0.1) is 0 Å². The van der Waals surface area contributed by atoms with E-state index in [9.17, 15) is 23.4 Å². The summed E-state index contributed by atoms with van der Waals surface area (Å²) in [5, 5.41) is 9.93. The second-order valence-electron chi connectivity index (χ2n) is 6.41. The van der Waals surface area contributed by atoms with E-state index in [-0.39, 0.29) is 12.2 Å². The third kappa shape index (κ3) is 9.99. The predicted molar refractivity (Wildman–Crippen MR) is 108 cm³/mol. The number of nitrogen functional groups attached to an aromatic ring is 1. The van der Waals surface area contributed by atoms with E-state index in [0.29, 0.717) is 11.2 Å². The van der Waals surface area contributed by atoms with Crippen LogP contribution in [0.2, 0.25) is 0 Å². The Hall–Kier alpha value is -1.21. The number of phosphoric acid groups is 4. The number of aliphatic hydroxyl groups excluding tert-OH is 1. The van der Waals surface area contributed by atoms with E-state index in [1.165, 1.54) is 12.7 Å². The molecule has 35 heavy (non-hydrogen) atoms. The Labute approximate surface area is 193 Å². The molecule has 0 spiro atoms. The average Bonchev–Trinajstić information content (AvgIpc) is 3.19. The van der Waals surface area contributed by atoms with Gasteiger partial charge in [0.1, 0.15) is 24.2 Å². The van der Waals surface area contributed by atoms with Crippen molar-refractivity contribution in [3.63, 3.8) is 0 Å². The first-order valence-electron chi connectivity index (χ1n) is 8.59. The maximum atomic E-state index is 10.7. The van der Waals surface area contributed by atoms with Crippen LogP contribution < -0.4 is 5.73 Å². The van der Waals surface area contributed by atoms with Gasteiger partial charge in [0.2, 0.25) is 0 Å². The Morgan fingerprint density at radius 1 is 0.971 bits per heavy atom. The summed E-state index contributed by atoms with van der Waals surface area (Å²) in [5.41, 5.74) is 6.55. The van der Waals surface area contributed by atoms with E-state index in [1.54, 1.807) is 4.57 Å². The Morgan fingerprint density at radius 3 is 2.06 bits per heavy atom. The zero-order valence-corrected chi connectivity index (χ0v) is 20.4. The SMILES string of the molecule is Nc1ncnc2c1ncn2[C@H]1C[C@H](O)[C@@H](COP(=O)(O)O)O1.O=P(O)(O)OP(=O)(O)OP(=O)(O)O. The van der Waals surface area contributed by atoms with Crippen molar-refractivity contribution in [2.24, 2.45) is 0 Å². The van der Waals surface area contributed by atoms with Crippen LogP contribution in [0.1, 0.15) is 12.6 Å². The zero-order chi connectivity index (χ0) is 26.8. The smallest absolute Gasteiger partial charge is 0.390 e. The van der Waals surface area contributed by atoms with Gasteiger partial charge in [-0.15, -0.1) is 0 Å². The van der Waals surface area contributed by atoms with Crippen LogP contribution in [-0.4, -0.2) is 77.7 Å². The van der Waals surface area contributed by atoms with E-state index in [4.69, 9.17) is 44.7 Å². The average molecular weight is 589 g/mol. The number of hydrogen-bond donors (Lipinski definition) is 9. The van der Waals surface area contributed by atoms with Gasteiger partial charge in [-0.1, -0.05) is 0 Å². The molecule has 0 aromatic carbocycles. The molecule has 3 heterocycles. The summed E-state index contributed by atoms with van der Waals surface area (Å²) in [6.45, 7) is -0.425. The number of hydrogen-bond acceptors (Lipinski definition) is 13. The fraction of sp³-hybridized carbons (Fsp3) is 0.500. The maximum absolute atomic E-state index is 10.7. The highest BCUT2D eigenvalue weighted by Crippen LogP contribution is 2.64. The molecule has 0 saturated carbocycles. The number of aliphatic hydroxyl groups is 1. The number of aromatic nitrogens is 4. The first-order valence-corrected chi connectivity index (χ1v) is 14.7. The number of fused-ring (bicyclic) bond motifs is 1. The van der Waals surface area contributed by atoms with Crippen LogP contribution in [0.5, 0.6) is 0 Å². The fourth-order valence-electron chi connectivity index (χ4n) is 2.57. The minimum Gasteiger partial charge on any atom is -0.390 e. The molecule has 0 radical (unpaired) electrons. The van der Waals surface area contributed by atoms with Crippen molar-refractivity contribution in [1.29, 1.82) is 0 Å². The maximum Gasteiger partial charge on any atom is 0.490 e. The minimum absolute atomic E-state index is 0.199. The summed E-state index contributed by atoms with van der Waals surface area (Å²) in [7, 11) is -20.8. The number of nitrogens with two attached hydrogens (primary N) is 1. The number of phosphoric ester groups is 1. The molecule has 0 aliphatic carbocycles. The minimum atomic E-state index is -5.46. The van der Waals surface area contributed by atoms with Crippen molar-refractivity contribution >= 4 is 48.3 Å². The van der Waals surface area contributed by atoms with Crippen molar-refractivity contribution < 1.29 is 75.5 Å². The molecule has 200 valence electrons. The third-order valence-electron chi connectivity index (χ3n) is 3.73. The lowest BCUT2D eigenvalue weighted by Gasteiger charge is -2.16. The topological polar surface area (TPSA) is 337 Å². The van der Waals surface area contributed by atoms with Gasteiger partial charge in [0.15, 0.2) is 11.5 Å². The van der Waals surface area contributed by atoms with Crippen LogP contribution in [0.25, 0.3) is 11.2 Å². The van der Waals surface area contributed by atoms with E-state index in [1.807, 2.05) is 0 Å². The number of imidazole rings is 1. The lowest BCUT2D eigenvalue weighted by atomic mass is 10.2. The van der Waals surface area contributed by atoms with Crippen molar-refractivity contribution in [3.05, 3.63) is 12.7 Å². The van der Waals surface area contributed by atoms with E-state index in [2.05, 4.69) is 28.1 Å². The molecular formula is C10H19N5O16P4. The summed E-state index contributed by atoms with van der Waals surface area (Å²) in [5.74, 6) is 0.226. The van der Waals surface area contributed by atoms with Gasteiger partial charge in [-0.3, -0.25) is 9.09 Å². The van der Waals surface area contributed by atoms with Crippen molar-refractivity contribution in [3.8, 4) is 0 Å². The molecule has 3 rings (SSSR count). The highest BCUT2D eigenvalue weighted by atomic mass is 31.3. The van der Waals surface area contributed by atoms with Crippen molar-refractivity contribution in [2.75, 3.05) is 12.3 Å². The Bertz CT molecular complexity index is 1190. The molecule has 0 unspecified atom stereocenters. The first kappa shape index (κ1) is 30.0. The first-order chi connectivity index (χ1) is 15.8. The van der Waals surface area contributed by atoms with Crippen LogP contribution in [0.15, 0.2) is 12.7 Å². The predicted octanol–water partition coefficient (Wildman–Crippen LogP) is -1.53. The molecule has 10 N–H and O–H groups in total. The lowest BCUT2D eigenvalue weighted by Crippen LogP contribution is -2.25. The van der Waals surface area contributed by atoms with E-state index >= 15 is 0 Å². The van der Waals surface area contributed by atoms with Gasteiger partial charge in [-0.25, -0.2) is 33.2 Å². The van der Waals surface area contributed by atoms with Gasteiger partial charge in [-0.2, -0.15) is 8.62 Å². The Kier molecular flexibility index (Phi) is 9.47. The number of rotatable bonds is 8. The van der Waals surface area contributed by atoms with Gasteiger partial charge in [0, 0.05) is 6.42 Å². The summed E-state index contributed by atoms with van der Waals surface area (Å²) >= 11 is 0. The molecule has 2 aromatic heterocycles. The second kappa shape index (κ2) is 11.0. The number of ether oxygens (including phenoxy) is 1. The molecule has 1 saturated heterocycles. The Morgan fingerprint density at radius 2 is 1.54 bits per heavy atom. The molecule has 25 heteroatoms. The van der Waals surface area contributed by atoms with Crippen LogP contribution in [-0.2, 0) is 36.1 Å². The second-order valence-corrected chi connectivity index (χ2v) is 11.9. The molecule has 1 fully saturated rings. The zero-order valence-electron chi connectivity index (χ0n) is 16.8. The fourth-order valence-corrected chi connectivity index (χ4v) is 5.45. The lowest BCUT2D eigenvalue weighted by molar-refractivity contribution is -0.0424. The Balaban J connectivity index is 0.000000287. The van der Waals surface area contributed by atoms with Gasteiger partial charge >= 0.3 is 31.3 Å². The number of nitrogens with zero attached hydrogens (tertiary/aromatic N) is 4. The molecule has 1 aliphatic heterocycles. The molecule has 1 aliphatic rings. The molecule has 3 atom stereocenters. The standard InChI is InChI=1S/C10H14N5O6P.H5O10P3/c11-9-8-10(13-3-12-9)15(4-14-8)7-1-5(16)6(21-7)2-20-22(17,18)19;1-11(2,3)9-13(7,8)10-12(4,5)6/h3-7,16H,1-2H2,(H2,11,12,13)(H2,17,18,19);(H,7,8)(H2,1,2,3)(H2,4,5,6)/t5-,6+,7+;/m0./s1. The number of anilines is 1. The molecular weight excluding hydrogens is 570 g/mol. The van der Waals surface area contributed by atoms with Gasteiger partial charge in [0.25, 0.3) is 0 Å². The van der Waals surface area contributed by atoms with Crippen LogP contribution >= 0.6 is 31.3 Å². The van der Waals surface area contributed by atoms with Crippen LogP contribution in [0.3, 0.4) is 0 Å². The quantitative estimate of drug-likeness (QED) is 0.158. The van der Waals surface area contributed by atoms with Gasteiger partial charge in [0.05, 0.1) is 19.0 Å². The van der Waals surface area contributed by atoms with Crippen molar-refractivity contribution in [1.82, 2.24) is 19.5 Å². The molecule has 0 amide bonds. The largest absolute Gasteiger partial charge is 0.490 e. The van der Waals surface area contributed by atoms with Crippen molar-refractivity contribution in [2.45, 2.75) is 24.9 Å². The highest BCUT2D eigenvalue weighted by Gasteiger charge is 2.39. The summed E-state index contributed by atoms with van der Waals surface area (Å²) in [6.07, 6.45) is 0.543. The molecule has 2 aromatic rings. The van der Waals surface area contributed by atoms with Crippen LogP contribution in [0.4, 0.5) is 5.82 Å². The van der Waals surface area contributed by atoms with Gasteiger partial charge < -0.3 is 49.8 Å². The summed E-state index contributed by atoms with van der Waals surface area (Å²) < 4.78 is 58.6. The monoisotopic (exact) mass is 589 g/mol. The summed E-state index contributed by atoms with van der Waals surface area (Å²) in [4.78, 5) is 69.6. The normalized spacial score (nSPS) is 21.7. The van der Waals surface area contributed by atoms with E-state index < -0.39 is 56.3 Å². The van der Waals surface area contributed by atoms with E-state index in [0.717, 1.165) is 0 Å².